The van der Waals surface area contributed by atoms with Crippen LogP contribution in [0.5, 0.6) is 0 Å². The average molecular weight is 499 g/mol. The van der Waals surface area contributed by atoms with Crippen molar-refractivity contribution in [3.63, 3.8) is 0 Å². The highest BCUT2D eigenvalue weighted by Crippen LogP contribution is 2.41. The Balaban J connectivity index is 1.45. The molecule has 2 aromatic heterocycles. The van der Waals surface area contributed by atoms with Crippen molar-refractivity contribution in [2.75, 3.05) is 18.5 Å². The maximum absolute atomic E-state index is 13.1. The predicted molar refractivity (Wildman–Crippen MR) is 143 cm³/mol. The molecule has 0 spiro atoms. The van der Waals surface area contributed by atoms with E-state index in [1.165, 1.54) is 0 Å². The van der Waals surface area contributed by atoms with E-state index < -0.39 is 0 Å². The molecule has 3 aromatic rings. The van der Waals surface area contributed by atoms with Gasteiger partial charge in [-0.2, -0.15) is 0 Å². The molecule has 9 heteroatoms. The molecule has 3 heterocycles. The minimum absolute atomic E-state index is 0.107. The monoisotopic (exact) mass is 498 g/mol. The van der Waals surface area contributed by atoms with E-state index in [1.54, 1.807) is 17.1 Å². The van der Waals surface area contributed by atoms with E-state index in [0.717, 1.165) is 57.8 Å². The summed E-state index contributed by atoms with van der Waals surface area (Å²) in [5, 5.41) is 23.0. The average Bonchev–Trinajstić information content (AvgIpc) is 3.58. The van der Waals surface area contributed by atoms with Gasteiger partial charge in [-0.3, -0.25) is 14.3 Å². The number of nitrogens with zero attached hydrogens (tertiary/aromatic N) is 3. The summed E-state index contributed by atoms with van der Waals surface area (Å²) in [6.45, 7) is 4.80. The first kappa shape index (κ1) is 24.5. The fourth-order valence-corrected chi connectivity index (χ4v) is 5.07. The van der Waals surface area contributed by atoms with E-state index in [4.69, 9.17) is 0 Å². The van der Waals surface area contributed by atoms with Gasteiger partial charge in [0.25, 0.3) is 11.8 Å². The zero-order chi connectivity index (χ0) is 25.9. The van der Waals surface area contributed by atoms with Crippen molar-refractivity contribution in [1.29, 1.82) is 0 Å². The number of nitrogens with one attached hydrogen (secondary N) is 3. The van der Waals surface area contributed by atoms with Crippen LogP contribution in [0.25, 0.3) is 17.2 Å². The Morgan fingerprint density at radius 2 is 2.16 bits per heavy atom. The highest BCUT2D eigenvalue weighted by atomic mass is 16.3. The number of H-pyrrole nitrogens is 1. The summed E-state index contributed by atoms with van der Waals surface area (Å²) in [5.74, 6) is -0.348. The molecule has 2 aliphatic rings. The summed E-state index contributed by atoms with van der Waals surface area (Å²) < 4.78 is 1.66. The summed E-state index contributed by atoms with van der Waals surface area (Å²) in [6, 6.07) is 5.90. The molecule has 0 saturated carbocycles. The van der Waals surface area contributed by atoms with E-state index in [-0.39, 0.29) is 18.4 Å². The maximum atomic E-state index is 13.1. The van der Waals surface area contributed by atoms with Crippen molar-refractivity contribution < 1.29 is 14.7 Å². The minimum Gasteiger partial charge on any atom is -0.396 e. The Morgan fingerprint density at radius 1 is 1.30 bits per heavy atom. The summed E-state index contributed by atoms with van der Waals surface area (Å²) in [5.41, 5.74) is 8.31. The van der Waals surface area contributed by atoms with Gasteiger partial charge in [0.15, 0.2) is 0 Å². The second kappa shape index (κ2) is 10.4. The maximum Gasteiger partial charge on any atom is 0.256 e. The molecule has 0 bridgehead atoms. The first-order valence-corrected chi connectivity index (χ1v) is 12.4. The molecular weight excluding hydrogens is 468 g/mol. The molecule has 5 rings (SSSR count). The largest absolute Gasteiger partial charge is 0.396 e. The van der Waals surface area contributed by atoms with Gasteiger partial charge in [-0.15, -0.1) is 5.10 Å². The molecule has 1 aliphatic heterocycles. The summed E-state index contributed by atoms with van der Waals surface area (Å²) >= 11 is 0. The van der Waals surface area contributed by atoms with E-state index in [1.807, 2.05) is 38.1 Å². The van der Waals surface area contributed by atoms with Gasteiger partial charge in [0.1, 0.15) is 0 Å². The number of aromatic nitrogens is 4. The fraction of sp³-hybridized carbons (Fsp3) is 0.286. The van der Waals surface area contributed by atoms with Gasteiger partial charge in [-0.25, -0.2) is 0 Å². The number of rotatable bonds is 8. The van der Waals surface area contributed by atoms with Gasteiger partial charge in [0.2, 0.25) is 0 Å². The van der Waals surface area contributed by atoms with Crippen molar-refractivity contribution in [3.8, 4) is 0 Å². The third kappa shape index (κ3) is 4.90. The SMILES string of the molecule is Cc1[nH]c(/C=C2\C(=O)Nc3cccc(C4=CC(CCO)=CCC4)c32)c(C)c1C(=O)NCCn1ccnn1. The zero-order valence-corrected chi connectivity index (χ0v) is 21.0. The third-order valence-corrected chi connectivity index (χ3v) is 6.84. The van der Waals surface area contributed by atoms with Crippen molar-refractivity contribution in [2.45, 2.75) is 39.7 Å². The van der Waals surface area contributed by atoms with E-state index >= 15 is 0 Å². The minimum atomic E-state index is -0.177. The van der Waals surface area contributed by atoms with Crippen LogP contribution in [0, 0.1) is 13.8 Å². The number of aromatic amines is 1. The van der Waals surface area contributed by atoms with Crippen LogP contribution in [0.4, 0.5) is 5.69 Å². The number of anilines is 1. The molecule has 1 aliphatic carbocycles. The molecule has 2 amide bonds. The lowest BCUT2D eigenvalue weighted by molar-refractivity contribution is -0.110. The number of aliphatic hydroxyl groups excluding tert-OH is 1. The van der Waals surface area contributed by atoms with Crippen molar-refractivity contribution >= 4 is 34.7 Å². The number of amides is 2. The van der Waals surface area contributed by atoms with Crippen LogP contribution in [0.15, 0.2) is 48.3 Å². The first-order valence-electron chi connectivity index (χ1n) is 12.4. The topological polar surface area (TPSA) is 125 Å². The first-order chi connectivity index (χ1) is 18.0. The summed E-state index contributed by atoms with van der Waals surface area (Å²) in [6.07, 6.45) is 11.8. The lowest BCUT2D eigenvalue weighted by Gasteiger charge is -2.17. The molecule has 0 fully saturated rings. The molecule has 1 aromatic carbocycles. The highest BCUT2D eigenvalue weighted by Gasteiger charge is 2.29. The number of hydrogen-bond donors (Lipinski definition) is 4. The molecule has 0 radical (unpaired) electrons. The van der Waals surface area contributed by atoms with Gasteiger partial charge >= 0.3 is 0 Å². The lowest BCUT2D eigenvalue weighted by atomic mass is 9.87. The summed E-state index contributed by atoms with van der Waals surface area (Å²) in [7, 11) is 0. The van der Waals surface area contributed by atoms with Crippen LogP contribution in [0.3, 0.4) is 0 Å². The predicted octanol–water partition coefficient (Wildman–Crippen LogP) is 3.63. The van der Waals surface area contributed by atoms with Crippen LogP contribution < -0.4 is 10.6 Å². The van der Waals surface area contributed by atoms with Crippen molar-refractivity contribution in [2.24, 2.45) is 0 Å². The number of hydrogen-bond acceptors (Lipinski definition) is 5. The number of aryl methyl sites for hydroxylation is 1. The fourth-order valence-electron chi connectivity index (χ4n) is 5.07. The smallest absolute Gasteiger partial charge is 0.256 e. The van der Waals surface area contributed by atoms with E-state index in [0.29, 0.717) is 30.6 Å². The molecule has 0 unspecified atom stereocenters. The Labute approximate surface area is 215 Å². The summed E-state index contributed by atoms with van der Waals surface area (Å²) in [4.78, 5) is 29.3. The van der Waals surface area contributed by atoms with Crippen molar-refractivity contribution in [3.05, 3.63) is 82.0 Å². The van der Waals surface area contributed by atoms with Crippen LogP contribution in [-0.4, -0.2) is 50.1 Å². The Morgan fingerprint density at radius 3 is 2.95 bits per heavy atom. The van der Waals surface area contributed by atoms with Gasteiger partial charge in [-0.05, 0) is 67.5 Å². The van der Waals surface area contributed by atoms with Crippen LogP contribution >= 0.6 is 0 Å². The molecular formula is C28H30N6O3. The van der Waals surface area contributed by atoms with Crippen molar-refractivity contribution in [1.82, 2.24) is 25.3 Å². The Kier molecular flexibility index (Phi) is 6.87. The van der Waals surface area contributed by atoms with Crippen LogP contribution in [0.2, 0.25) is 0 Å². The van der Waals surface area contributed by atoms with Gasteiger partial charge in [0, 0.05) is 42.0 Å². The number of carbonyl (C=O) groups is 2. The third-order valence-electron chi connectivity index (χ3n) is 6.84. The van der Waals surface area contributed by atoms with Crippen LogP contribution in [-0.2, 0) is 11.3 Å². The molecule has 9 nitrogen and oxygen atoms in total. The Bertz CT molecular complexity index is 1440. The highest BCUT2D eigenvalue weighted by molar-refractivity contribution is 6.35. The second-order valence-corrected chi connectivity index (χ2v) is 9.29. The normalized spacial score (nSPS) is 15.9. The lowest BCUT2D eigenvalue weighted by Crippen LogP contribution is -2.28. The number of carbonyl (C=O) groups excluding carboxylic acids is 2. The number of allylic oxidation sites excluding steroid dienone is 3. The second-order valence-electron chi connectivity index (χ2n) is 9.29. The molecule has 4 N–H and O–H groups in total. The van der Waals surface area contributed by atoms with Crippen LogP contribution in [0.1, 0.15) is 57.7 Å². The quantitative estimate of drug-likeness (QED) is 0.353. The zero-order valence-electron chi connectivity index (χ0n) is 21.0. The van der Waals surface area contributed by atoms with E-state index in [2.05, 4.69) is 38.1 Å². The molecule has 0 atom stereocenters. The van der Waals surface area contributed by atoms with E-state index in [9.17, 15) is 14.7 Å². The number of aliphatic hydroxyl groups is 1. The standard InChI is InChI=1S/C28H30N6O3/c1-17-24(31-18(2)25(17)28(37)29-10-12-34-13-11-30-33-34)16-22-26-21(7-4-8-23(26)32-27(22)36)20-6-3-5-19(15-20)9-14-35/h4-5,7-8,11,13,15-16,31,35H,3,6,9-10,12,14H2,1-2H3,(H,29,37)(H,32,36)/b22-16-. The van der Waals surface area contributed by atoms with Gasteiger partial charge in [-0.1, -0.05) is 29.5 Å². The molecule has 37 heavy (non-hydrogen) atoms. The van der Waals surface area contributed by atoms with Gasteiger partial charge < -0.3 is 20.7 Å². The van der Waals surface area contributed by atoms with Gasteiger partial charge in [0.05, 0.1) is 23.9 Å². The molecule has 190 valence electrons. The molecule has 0 saturated heterocycles. The number of benzene rings is 1. The number of fused-ring (bicyclic) bond motifs is 1. The Hall–Kier alpha value is -4.24.